The zero-order chi connectivity index (χ0) is 15.8. The number of thioether (sulfide) groups is 1. The van der Waals surface area contributed by atoms with Crippen LogP contribution in [0, 0.1) is 0 Å². The molecular formula is C15H21Cl2N3OS. The molecule has 0 aromatic heterocycles. The molecule has 0 bridgehead atoms. The molecule has 2 rings (SSSR count). The van der Waals surface area contributed by atoms with E-state index in [1.165, 1.54) is 0 Å². The molecule has 1 fully saturated rings. The summed E-state index contributed by atoms with van der Waals surface area (Å²) < 4.78 is 0. The molecule has 1 aromatic rings. The molecule has 0 radical (unpaired) electrons. The summed E-state index contributed by atoms with van der Waals surface area (Å²) >= 11 is 13.5. The second-order valence-electron chi connectivity index (χ2n) is 5.17. The molecule has 0 unspecified atom stereocenters. The van der Waals surface area contributed by atoms with E-state index >= 15 is 0 Å². The van der Waals surface area contributed by atoms with Crippen molar-refractivity contribution in [2.45, 2.75) is 5.75 Å². The zero-order valence-electron chi connectivity index (χ0n) is 12.4. The van der Waals surface area contributed by atoms with E-state index in [1.54, 1.807) is 17.8 Å². The van der Waals surface area contributed by atoms with Gasteiger partial charge in [-0.3, -0.25) is 9.69 Å². The highest BCUT2D eigenvalue weighted by atomic mass is 35.5. The summed E-state index contributed by atoms with van der Waals surface area (Å²) in [7, 11) is 0. The van der Waals surface area contributed by atoms with Crippen LogP contribution in [0.15, 0.2) is 18.2 Å². The highest BCUT2D eigenvalue weighted by Gasteiger charge is 2.09. The number of carbonyl (C=O) groups excluding carboxylic acids is 1. The van der Waals surface area contributed by atoms with Gasteiger partial charge in [0.25, 0.3) is 0 Å². The Kier molecular flexibility index (Phi) is 7.83. The molecule has 1 aliphatic heterocycles. The Balaban J connectivity index is 1.59. The van der Waals surface area contributed by atoms with Crippen molar-refractivity contribution in [3.05, 3.63) is 33.8 Å². The molecule has 122 valence electrons. The van der Waals surface area contributed by atoms with Crippen LogP contribution < -0.4 is 10.6 Å². The fourth-order valence-corrected chi connectivity index (χ4v) is 3.65. The maximum Gasteiger partial charge on any atom is 0.230 e. The molecule has 1 aromatic carbocycles. The average molecular weight is 362 g/mol. The average Bonchev–Trinajstić information content (AvgIpc) is 2.50. The van der Waals surface area contributed by atoms with Crippen molar-refractivity contribution in [2.24, 2.45) is 0 Å². The number of nitrogens with one attached hydrogen (secondary N) is 2. The van der Waals surface area contributed by atoms with Crippen molar-refractivity contribution in [3.63, 3.8) is 0 Å². The highest BCUT2D eigenvalue weighted by molar-refractivity contribution is 7.99. The third kappa shape index (κ3) is 6.34. The Labute approximate surface area is 145 Å². The van der Waals surface area contributed by atoms with Gasteiger partial charge in [0.2, 0.25) is 5.91 Å². The Morgan fingerprint density at radius 3 is 2.82 bits per heavy atom. The molecule has 22 heavy (non-hydrogen) atoms. The molecule has 7 heteroatoms. The van der Waals surface area contributed by atoms with Gasteiger partial charge in [0.15, 0.2) is 0 Å². The summed E-state index contributed by atoms with van der Waals surface area (Å²) in [6, 6.07) is 5.45. The van der Waals surface area contributed by atoms with E-state index in [9.17, 15) is 4.79 Å². The lowest BCUT2D eigenvalue weighted by atomic mass is 10.2. The van der Waals surface area contributed by atoms with Gasteiger partial charge in [-0.1, -0.05) is 29.3 Å². The van der Waals surface area contributed by atoms with Crippen LogP contribution in [0.2, 0.25) is 10.0 Å². The molecule has 2 N–H and O–H groups in total. The Morgan fingerprint density at radius 1 is 1.32 bits per heavy atom. The number of carbonyl (C=O) groups is 1. The van der Waals surface area contributed by atoms with Crippen LogP contribution in [0.3, 0.4) is 0 Å². The van der Waals surface area contributed by atoms with Crippen molar-refractivity contribution in [2.75, 3.05) is 45.0 Å². The molecule has 0 spiro atoms. The maximum absolute atomic E-state index is 11.8. The molecule has 4 nitrogen and oxygen atoms in total. The number of hydrogen-bond donors (Lipinski definition) is 2. The minimum absolute atomic E-state index is 0.0743. The van der Waals surface area contributed by atoms with Crippen LogP contribution in [-0.4, -0.2) is 55.8 Å². The predicted octanol–water partition coefficient (Wildman–Crippen LogP) is 2.25. The number of nitrogens with zero attached hydrogens (tertiary/aromatic N) is 1. The zero-order valence-corrected chi connectivity index (χ0v) is 14.7. The second kappa shape index (κ2) is 9.63. The number of piperazine rings is 1. The summed E-state index contributed by atoms with van der Waals surface area (Å²) in [6.07, 6.45) is 0. The summed E-state index contributed by atoms with van der Waals surface area (Å²) in [4.78, 5) is 14.2. The lowest BCUT2D eigenvalue weighted by Crippen LogP contribution is -2.46. The predicted molar refractivity (Wildman–Crippen MR) is 94.9 cm³/mol. The quantitative estimate of drug-likeness (QED) is 0.781. The largest absolute Gasteiger partial charge is 0.354 e. The third-order valence-corrected chi connectivity index (χ3v) is 5.03. The van der Waals surface area contributed by atoms with Crippen molar-refractivity contribution in [1.82, 2.24) is 15.5 Å². The van der Waals surface area contributed by atoms with Crippen molar-refractivity contribution in [3.8, 4) is 0 Å². The number of benzene rings is 1. The number of halogens is 2. The Bertz CT molecular complexity index is 496. The molecule has 1 aliphatic rings. The fourth-order valence-electron chi connectivity index (χ4n) is 2.23. The molecule has 1 amide bonds. The maximum atomic E-state index is 11.8. The summed E-state index contributed by atoms with van der Waals surface area (Å²) in [5.41, 5.74) is 1.00. The topological polar surface area (TPSA) is 44.4 Å². The van der Waals surface area contributed by atoms with Crippen LogP contribution >= 0.6 is 35.0 Å². The van der Waals surface area contributed by atoms with Gasteiger partial charge in [-0.15, -0.1) is 11.8 Å². The van der Waals surface area contributed by atoms with E-state index in [4.69, 9.17) is 23.2 Å². The molecule has 1 heterocycles. The van der Waals surface area contributed by atoms with Gasteiger partial charge in [0.05, 0.1) is 5.75 Å². The summed E-state index contributed by atoms with van der Waals surface area (Å²) in [5.74, 6) is 1.23. The van der Waals surface area contributed by atoms with Gasteiger partial charge in [0, 0.05) is 55.1 Å². The van der Waals surface area contributed by atoms with Crippen LogP contribution in [0.25, 0.3) is 0 Å². The number of amides is 1. The van der Waals surface area contributed by atoms with Crippen LogP contribution in [0.1, 0.15) is 5.56 Å². The minimum atomic E-state index is 0.0743. The Hall–Kier alpha value is -0.460. The minimum Gasteiger partial charge on any atom is -0.354 e. The van der Waals surface area contributed by atoms with E-state index in [1.807, 2.05) is 12.1 Å². The van der Waals surface area contributed by atoms with Gasteiger partial charge >= 0.3 is 0 Å². The molecule has 0 aliphatic carbocycles. The number of rotatable bonds is 7. The van der Waals surface area contributed by atoms with Crippen molar-refractivity contribution in [1.29, 1.82) is 0 Å². The van der Waals surface area contributed by atoms with Crippen LogP contribution in [0.5, 0.6) is 0 Å². The third-order valence-electron chi connectivity index (χ3n) is 3.47. The van der Waals surface area contributed by atoms with Gasteiger partial charge < -0.3 is 10.6 Å². The number of hydrogen-bond acceptors (Lipinski definition) is 4. The standard InChI is InChI=1S/C15H21Cl2N3OS/c16-13-2-1-12(14(17)9-13)10-22-11-15(21)19-5-8-20-6-3-18-4-7-20/h1-2,9,18H,3-8,10-11H2,(H,19,21). The molecular weight excluding hydrogens is 341 g/mol. The van der Waals surface area contributed by atoms with Gasteiger partial charge in [-0.2, -0.15) is 0 Å². The van der Waals surface area contributed by atoms with Crippen LogP contribution in [-0.2, 0) is 10.5 Å². The van der Waals surface area contributed by atoms with E-state index in [0.717, 1.165) is 38.3 Å². The first kappa shape index (κ1) is 17.9. The first-order chi connectivity index (χ1) is 10.6. The van der Waals surface area contributed by atoms with Crippen molar-refractivity contribution >= 4 is 40.9 Å². The van der Waals surface area contributed by atoms with Crippen LogP contribution in [0.4, 0.5) is 0 Å². The lowest BCUT2D eigenvalue weighted by molar-refractivity contribution is -0.118. The van der Waals surface area contributed by atoms with E-state index < -0.39 is 0 Å². The summed E-state index contributed by atoms with van der Waals surface area (Å²) in [6.45, 7) is 5.80. The normalized spacial score (nSPS) is 15.7. The van der Waals surface area contributed by atoms with E-state index in [-0.39, 0.29) is 5.91 Å². The van der Waals surface area contributed by atoms with Crippen molar-refractivity contribution < 1.29 is 4.79 Å². The van der Waals surface area contributed by atoms with E-state index in [2.05, 4.69) is 15.5 Å². The SMILES string of the molecule is O=C(CSCc1ccc(Cl)cc1Cl)NCCN1CCNCC1. The molecule has 0 saturated carbocycles. The first-order valence-corrected chi connectivity index (χ1v) is 9.27. The monoisotopic (exact) mass is 361 g/mol. The first-order valence-electron chi connectivity index (χ1n) is 7.36. The lowest BCUT2D eigenvalue weighted by Gasteiger charge is -2.27. The van der Waals surface area contributed by atoms with E-state index in [0.29, 0.717) is 28.1 Å². The smallest absolute Gasteiger partial charge is 0.230 e. The highest BCUT2D eigenvalue weighted by Crippen LogP contribution is 2.24. The summed E-state index contributed by atoms with van der Waals surface area (Å²) in [5, 5.41) is 7.56. The molecule has 1 saturated heterocycles. The van der Waals surface area contributed by atoms with Gasteiger partial charge in [0.1, 0.15) is 0 Å². The molecule has 0 atom stereocenters. The van der Waals surface area contributed by atoms with Gasteiger partial charge in [-0.25, -0.2) is 0 Å². The Morgan fingerprint density at radius 2 is 2.09 bits per heavy atom. The fraction of sp³-hybridized carbons (Fsp3) is 0.533. The van der Waals surface area contributed by atoms with Gasteiger partial charge in [-0.05, 0) is 17.7 Å². The second-order valence-corrected chi connectivity index (χ2v) is 7.00.